The van der Waals surface area contributed by atoms with Gasteiger partial charge in [-0.3, -0.25) is 4.98 Å². The van der Waals surface area contributed by atoms with Gasteiger partial charge >= 0.3 is 0 Å². The number of fused-ring (bicyclic) bond motifs is 11. The summed E-state index contributed by atoms with van der Waals surface area (Å²) in [5.41, 5.74) is 9.99. The molecule has 9 rings (SSSR count). The van der Waals surface area contributed by atoms with E-state index in [-0.39, 0.29) is 5.41 Å². The van der Waals surface area contributed by atoms with Crippen LogP contribution in [0.1, 0.15) is 25.0 Å². The third-order valence-electron chi connectivity index (χ3n) is 9.68. The quantitative estimate of drug-likeness (QED) is 0.196. The Morgan fingerprint density at radius 1 is 0.465 bits per heavy atom. The largest absolute Gasteiger partial charge is 0.256 e. The van der Waals surface area contributed by atoms with Gasteiger partial charge in [0.05, 0.1) is 5.69 Å². The summed E-state index contributed by atoms with van der Waals surface area (Å²) in [5, 5.41) is 10.4. The molecule has 0 radical (unpaired) electrons. The molecule has 0 unspecified atom stereocenters. The van der Waals surface area contributed by atoms with Gasteiger partial charge in [-0.25, -0.2) is 0 Å². The van der Waals surface area contributed by atoms with Crippen LogP contribution in [-0.4, -0.2) is 4.98 Å². The van der Waals surface area contributed by atoms with E-state index >= 15 is 0 Å². The molecule has 0 saturated heterocycles. The average molecular weight is 548 g/mol. The molecule has 0 aliphatic heterocycles. The van der Waals surface area contributed by atoms with Crippen LogP contribution in [0.2, 0.25) is 0 Å². The number of benzene rings is 7. The highest BCUT2D eigenvalue weighted by atomic mass is 14.7. The van der Waals surface area contributed by atoms with Crippen LogP contribution in [0.5, 0.6) is 0 Å². The maximum absolute atomic E-state index is 4.94. The normalized spacial score (nSPS) is 13.5. The summed E-state index contributed by atoms with van der Waals surface area (Å²) in [6, 6.07) is 48.8. The molecule has 1 heterocycles. The maximum Gasteiger partial charge on any atom is 0.0708 e. The summed E-state index contributed by atoms with van der Waals surface area (Å²) < 4.78 is 0. The number of aromatic nitrogens is 1. The lowest BCUT2D eigenvalue weighted by Gasteiger charge is -2.24. The number of nitrogens with zero attached hydrogens (tertiary/aromatic N) is 1. The highest BCUT2D eigenvalue weighted by Crippen LogP contribution is 2.53. The zero-order valence-electron chi connectivity index (χ0n) is 24.2. The molecule has 1 aliphatic rings. The van der Waals surface area contributed by atoms with Gasteiger partial charge in [-0.2, -0.15) is 0 Å². The molecule has 0 N–H and O–H groups in total. The first kappa shape index (κ1) is 24.3. The van der Waals surface area contributed by atoms with Crippen molar-refractivity contribution in [2.24, 2.45) is 0 Å². The summed E-state index contributed by atoms with van der Waals surface area (Å²) in [4.78, 5) is 4.94. The van der Waals surface area contributed by atoms with E-state index in [1.807, 2.05) is 6.20 Å². The molecule has 1 nitrogen and oxygen atoms in total. The molecule has 1 aromatic heterocycles. The van der Waals surface area contributed by atoms with Crippen LogP contribution in [0.15, 0.2) is 140 Å². The zero-order chi connectivity index (χ0) is 28.7. The molecule has 43 heavy (non-hydrogen) atoms. The van der Waals surface area contributed by atoms with Crippen molar-refractivity contribution in [1.29, 1.82) is 0 Å². The van der Waals surface area contributed by atoms with E-state index in [0.29, 0.717) is 0 Å². The Balaban J connectivity index is 1.24. The Morgan fingerprint density at radius 2 is 1.12 bits per heavy atom. The number of hydrogen-bond acceptors (Lipinski definition) is 1. The molecule has 7 aromatic carbocycles. The number of rotatable bonds is 2. The molecule has 1 heteroatoms. The summed E-state index contributed by atoms with van der Waals surface area (Å²) in [7, 11) is 0. The Hall–Kier alpha value is -5.27. The molecule has 8 aromatic rings. The van der Waals surface area contributed by atoms with E-state index in [1.54, 1.807) is 0 Å². The van der Waals surface area contributed by atoms with Crippen LogP contribution < -0.4 is 0 Å². The molecule has 0 fully saturated rings. The van der Waals surface area contributed by atoms with Crippen molar-refractivity contribution >= 4 is 43.1 Å². The minimum absolute atomic E-state index is 0.0701. The molecule has 0 spiro atoms. The second-order valence-electron chi connectivity index (χ2n) is 12.3. The first-order chi connectivity index (χ1) is 21.1. The van der Waals surface area contributed by atoms with Crippen LogP contribution >= 0.6 is 0 Å². The predicted octanol–water partition coefficient (Wildman–Crippen LogP) is 11.3. The molecular formula is C42H29N. The Labute approximate surface area is 251 Å². The molecule has 0 amide bonds. The first-order valence-electron chi connectivity index (χ1n) is 15.1. The standard InChI is InChI=1S/C42H29N/c1-42(2)38-17-8-7-14-32(38)36-22-21-35-31-20-18-27(24-37(31)30-13-5-6-15-34(30)40(35)41(36)42)28-19-23-39(43-25-28)33-16-9-11-26-10-3-4-12-29(26)33/h3-25H,1-2H3. The summed E-state index contributed by atoms with van der Waals surface area (Å²) in [6.45, 7) is 4.77. The Kier molecular flexibility index (Phi) is 5.02. The van der Waals surface area contributed by atoms with Crippen molar-refractivity contribution in [2.45, 2.75) is 19.3 Å². The van der Waals surface area contributed by atoms with Gasteiger partial charge in [0.25, 0.3) is 0 Å². The monoisotopic (exact) mass is 547 g/mol. The second-order valence-corrected chi connectivity index (χ2v) is 12.3. The number of hydrogen-bond donors (Lipinski definition) is 0. The highest BCUT2D eigenvalue weighted by molar-refractivity contribution is 6.28. The Bertz CT molecular complexity index is 2390. The van der Waals surface area contributed by atoms with Crippen molar-refractivity contribution in [3.63, 3.8) is 0 Å². The molecule has 0 atom stereocenters. The van der Waals surface area contributed by atoms with Crippen molar-refractivity contribution in [3.8, 4) is 33.5 Å². The third-order valence-corrected chi connectivity index (χ3v) is 9.68. The molecule has 0 bridgehead atoms. The van der Waals surface area contributed by atoms with E-state index in [2.05, 4.69) is 147 Å². The van der Waals surface area contributed by atoms with E-state index in [9.17, 15) is 0 Å². The molecule has 0 saturated carbocycles. The molecular weight excluding hydrogens is 518 g/mol. The fourth-order valence-corrected chi connectivity index (χ4v) is 7.67. The van der Waals surface area contributed by atoms with Crippen molar-refractivity contribution < 1.29 is 0 Å². The smallest absolute Gasteiger partial charge is 0.0708 e. The highest BCUT2D eigenvalue weighted by Gasteiger charge is 2.37. The van der Waals surface area contributed by atoms with Gasteiger partial charge in [0.1, 0.15) is 0 Å². The summed E-state index contributed by atoms with van der Waals surface area (Å²) in [6.07, 6.45) is 2.02. The minimum atomic E-state index is -0.0701. The topological polar surface area (TPSA) is 12.9 Å². The van der Waals surface area contributed by atoms with Crippen LogP contribution in [0.4, 0.5) is 0 Å². The minimum Gasteiger partial charge on any atom is -0.256 e. The van der Waals surface area contributed by atoms with E-state index in [4.69, 9.17) is 4.98 Å². The Morgan fingerprint density at radius 3 is 1.98 bits per heavy atom. The van der Waals surface area contributed by atoms with Gasteiger partial charge < -0.3 is 0 Å². The fourth-order valence-electron chi connectivity index (χ4n) is 7.67. The number of pyridine rings is 1. The van der Waals surface area contributed by atoms with E-state index in [1.165, 1.54) is 76.5 Å². The lowest BCUT2D eigenvalue weighted by atomic mass is 9.78. The third kappa shape index (κ3) is 3.43. The van der Waals surface area contributed by atoms with Gasteiger partial charge in [0, 0.05) is 22.7 Å². The summed E-state index contributed by atoms with van der Waals surface area (Å²) >= 11 is 0. The zero-order valence-corrected chi connectivity index (χ0v) is 24.2. The van der Waals surface area contributed by atoms with Crippen LogP contribution in [0, 0.1) is 0 Å². The predicted molar refractivity (Wildman–Crippen MR) is 183 cm³/mol. The van der Waals surface area contributed by atoms with Crippen molar-refractivity contribution in [2.75, 3.05) is 0 Å². The van der Waals surface area contributed by atoms with Crippen LogP contribution in [0.3, 0.4) is 0 Å². The van der Waals surface area contributed by atoms with Crippen LogP contribution in [-0.2, 0) is 5.41 Å². The summed E-state index contributed by atoms with van der Waals surface area (Å²) in [5.74, 6) is 0. The lowest BCUT2D eigenvalue weighted by Crippen LogP contribution is -2.15. The van der Waals surface area contributed by atoms with Crippen molar-refractivity contribution in [1.82, 2.24) is 4.98 Å². The lowest BCUT2D eigenvalue weighted by molar-refractivity contribution is 0.666. The van der Waals surface area contributed by atoms with E-state index < -0.39 is 0 Å². The SMILES string of the molecule is CC1(C)c2ccccc2-c2ccc3c4ccc(-c5ccc(-c6cccc7ccccc67)nc5)cc4c4ccccc4c3c21. The van der Waals surface area contributed by atoms with Crippen molar-refractivity contribution in [3.05, 3.63) is 151 Å². The van der Waals surface area contributed by atoms with E-state index in [0.717, 1.165) is 11.3 Å². The van der Waals surface area contributed by atoms with Crippen LogP contribution in [0.25, 0.3) is 76.6 Å². The van der Waals surface area contributed by atoms with Gasteiger partial charge in [-0.05, 0) is 83.0 Å². The van der Waals surface area contributed by atoms with Gasteiger partial charge in [-0.1, -0.05) is 135 Å². The molecule has 202 valence electrons. The van der Waals surface area contributed by atoms with Gasteiger partial charge in [0.2, 0.25) is 0 Å². The molecule has 1 aliphatic carbocycles. The van der Waals surface area contributed by atoms with Gasteiger partial charge in [-0.15, -0.1) is 0 Å². The average Bonchev–Trinajstić information content (AvgIpc) is 3.30. The second kappa shape index (κ2) is 8.86. The first-order valence-corrected chi connectivity index (χ1v) is 15.1. The maximum atomic E-state index is 4.94. The van der Waals surface area contributed by atoms with Gasteiger partial charge in [0.15, 0.2) is 0 Å². The fraction of sp³-hybridized carbons (Fsp3) is 0.0714.